The molecule has 0 unspecified atom stereocenters. The second-order valence-corrected chi connectivity index (χ2v) is 6.36. The highest BCUT2D eigenvalue weighted by molar-refractivity contribution is 5.91. The maximum absolute atomic E-state index is 12.2. The lowest BCUT2D eigenvalue weighted by molar-refractivity contribution is -0.230. The van der Waals surface area contributed by atoms with Gasteiger partial charge in [-0.25, -0.2) is 4.79 Å². The van der Waals surface area contributed by atoms with Crippen LogP contribution in [0.5, 0.6) is 11.5 Å². The molecule has 0 radical (unpaired) electrons. The lowest BCUT2D eigenvalue weighted by Gasteiger charge is -2.35. The molecule has 0 saturated carbocycles. The maximum atomic E-state index is 12.2. The van der Waals surface area contributed by atoms with Crippen molar-refractivity contribution in [1.29, 1.82) is 0 Å². The summed E-state index contributed by atoms with van der Waals surface area (Å²) in [5.41, 5.74) is 0.486. The van der Waals surface area contributed by atoms with Crippen molar-refractivity contribution in [3.05, 3.63) is 59.7 Å². The predicted molar refractivity (Wildman–Crippen MR) is 97.1 cm³/mol. The molecule has 29 heavy (non-hydrogen) atoms. The minimum atomic E-state index is -1.82. The van der Waals surface area contributed by atoms with Crippen LogP contribution in [0.4, 0.5) is 0 Å². The molecule has 1 aliphatic rings. The molecule has 0 aromatic heterocycles. The second-order valence-electron chi connectivity index (χ2n) is 6.36. The summed E-state index contributed by atoms with van der Waals surface area (Å²) < 4.78 is 16.0. The number of benzene rings is 2. The van der Waals surface area contributed by atoms with Crippen LogP contribution in [0.25, 0.3) is 0 Å². The monoisotopic (exact) mass is 404 g/mol. The van der Waals surface area contributed by atoms with E-state index in [1.54, 1.807) is 18.2 Å². The number of phenolic OH excluding ortho intramolecular Hbond substituents is 1. The standard InChI is InChI=1S/C20H20O9/c21-9-12-8-13(22)6-7-14(12)28-20-18(25)17(24)16(23)15(29-20)10-27-19(26)11-4-2-1-3-5-11/h1-8,15,17-18,20-22,24-25H,9-10H2/t15-,17+,18-,20-/m0/s1. The summed E-state index contributed by atoms with van der Waals surface area (Å²) in [6.07, 6.45) is -6.36. The molecule has 9 nitrogen and oxygen atoms in total. The Morgan fingerprint density at radius 1 is 1.10 bits per heavy atom. The van der Waals surface area contributed by atoms with E-state index in [0.29, 0.717) is 0 Å². The average Bonchev–Trinajstić information content (AvgIpc) is 2.74. The molecule has 0 spiro atoms. The predicted octanol–water partition coefficient (Wildman–Crippen LogP) is 0.136. The highest BCUT2D eigenvalue weighted by Crippen LogP contribution is 2.28. The normalized spacial score (nSPS) is 24.2. The molecule has 3 rings (SSSR count). The summed E-state index contributed by atoms with van der Waals surface area (Å²) in [7, 11) is 0. The van der Waals surface area contributed by atoms with Gasteiger partial charge in [-0.1, -0.05) is 18.2 Å². The van der Waals surface area contributed by atoms with Crippen molar-refractivity contribution in [2.75, 3.05) is 6.61 Å². The van der Waals surface area contributed by atoms with Crippen molar-refractivity contribution < 1.29 is 44.2 Å². The van der Waals surface area contributed by atoms with E-state index in [1.807, 2.05) is 0 Å². The van der Waals surface area contributed by atoms with Gasteiger partial charge in [0.1, 0.15) is 30.3 Å². The molecule has 0 amide bonds. The molecule has 9 heteroatoms. The second kappa shape index (κ2) is 9.01. The first-order valence-electron chi connectivity index (χ1n) is 8.77. The number of carbonyl (C=O) groups excluding carboxylic acids is 2. The minimum Gasteiger partial charge on any atom is -0.508 e. The van der Waals surface area contributed by atoms with Gasteiger partial charge in [0.25, 0.3) is 0 Å². The van der Waals surface area contributed by atoms with Crippen LogP contribution in [-0.2, 0) is 20.9 Å². The third-order valence-electron chi connectivity index (χ3n) is 4.34. The summed E-state index contributed by atoms with van der Waals surface area (Å²) in [5.74, 6) is -1.56. The first kappa shape index (κ1) is 20.7. The van der Waals surface area contributed by atoms with E-state index in [0.717, 1.165) is 0 Å². The smallest absolute Gasteiger partial charge is 0.338 e. The number of Topliss-reactive ketones (excluding diaryl/α,β-unsaturated/α-hetero) is 1. The molecule has 1 saturated heterocycles. The van der Waals surface area contributed by atoms with Gasteiger partial charge in [-0.15, -0.1) is 0 Å². The fraction of sp³-hybridized carbons (Fsp3) is 0.300. The van der Waals surface area contributed by atoms with Gasteiger partial charge in [0.05, 0.1) is 12.2 Å². The number of esters is 1. The third-order valence-corrected chi connectivity index (χ3v) is 4.34. The van der Waals surface area contributed by atoms with Crippen molar-refractivity contribution in [2.45, 2.75) is 31.2 Å². The number of rotatable bonds is 6. The summed E-state index contributed by atoms with van der Waals surface area (Å²) in [6.45, 7) is -0.954. The fourth-order valence-corrected chi connectivity index (χ4v) is 2.77. The molecular formula is C20H20O9. The third kappa shape index (κ3) is 4.72. The van der Waals surface area contributed by atoms with Crippen molar-refractivity contribution in [2.24, 2.45) is 0 Å². The van der Waals surface area contributed by atoms with Gasteiger partial charge in [0.2, 0.25) is 6.29 Å². The zero-order valence-corrected chi connectivity index (χ0v) is 15.2. The van der Waals surface area contributed by atoms with E-state index >= 15 is 0 Å². The maximum Gasteiger partial charge on any atom is 0.338 e. The summed E-state index contributed by atoms with van der Waals surface area (Å²) >= 11 is 0. The van der Waals surface area contributed by atoms with E-state index in [4.69, 9.17) is 14.2 Å². The SMILES string of the molecule is O=C(OC[C@@H]1O[C@H](Oc2ccc(O)cc2CO)[C@@H](O)[C@H](O)C1=O)c1ccccc1. The number of ketones is 1. The van der Waals surface area contributed by atoms with Crippen molar-refractivity contribution in [1.82, 2.24) is 0 Å². The van der Waals surface area contributed by atoms with Crippen LogP contribution < -0.4 is 4.74 Å². The van der Waals surface area contributed by atoms with Crippen molar-refractivity contribution in [3.63, 3.8) is 0 Å². The molecule has 154 valence electrons. The van der Waals surface area contributed by atoms with Crippen LogP contribution in [0, 0.1) is 0 Å². The Morgan fingerprint density at radius 3 is 2.52 bits per heavy atom. The lowest BCUT2D eigenvalue weighted by atomic mass is 10.0. The molecule has 1 heterocycles. The highest BCUT2D eigenvalue weighted by Gasteiger charge is 2.45. The molecule has 0 aliphatic carbocycles. The van der Waals surface area contributed by atoms with E-state index in [2.05, 4.69) is 0 Å². The average molecular weight is 404 g/mol. The largest absolute Gasteiger partial charge is 0.508 e. The van der Waals surface area contributed by atoms with Gasteiger partial charge >= 0.3 is 5.97 Å². The highest BCUT2D eigenvalue weighted by atomic mass is 16.7. The quantitative estimate of drug-likeness (QED) is 0.494. The summed E-state index contributed by atoms with van der Waals surface area (Å²) in [5, 5.41) is 39.0. The van der Waals surface area contributed by atoms with Crippen LogP contribution in [0.2, 0.25) is 0 Å². The molecule has 2 aromatic carbocycles. The molecule has 4 N–H and O–H groups in total. The van der Waals surface area contributed by atoms with Gasteiger partial charge in [-0.2, -0.15) is 0 Å². The van der Waals surface area contributed by atoms with Crippen molar-refractivity contribution in [3.8, 4) is 11.5 Å². The van der Waals surface area contributed by atoms with E-state index in [-0.39, 0.29) is 22.6 Å². The number of hydrogen-bond acceptors (Lipinski definition) is 9. The van der Waals surface area contributed by atoms with Gasteiger partial charge < -0.3 is 34.6 Å². The molecule has 1 fully saturated rings. The first-order chi connectivity index (χ1) is 13.9. The number of aliphatic hydroxyl groups is 3. The van der Waals surface area contributed by atoms with Gasteiger partial charge in [-0.05, 0) is 30.3 Å². The fourth-order valence-electron chi connectivity index (χ4n) is 2.77. The molecule has 4 atom stereocenters. The summed E-state index contributed by atoms with van der Waals surface area (Å²) in [6, 6.07) is 12.0. The number of hydrogen-bond donors (Lipinski definition) is 4. The van der Waals surface area contributed by atoms with E-state index in [1.165, 1.54) is 30.3 Å². The number of ether oxygens (including phenoxy) is 3. The van der Waals surface area contributed by atoms with Gasteiger partial charge in [0, 0.05) is 5.56 Å². The molecule has 0 bridgehead atoms. The Hall–Kier alpha value is -2.98. The Labute approximate surface area is 165 Å². The number of carbonyl (C=O) groups is 2. The van der Waals surface area contributed by atoms with Gasteiger partial charge in [-0.3, -0.25) is 4.79 Å². The van der Waals surface area contributed by atoms with E-state index < -0.39 is 49.6 Å². The Balaban J connectivity index is 1.70. The lowest BCUT2D eigenvalue weighted by Crippen LogP contribution is -2.58. The zero-order valence-electron chi connectivity index (χ0n) is 15.2. The molecular weight excluding hydrogens is 384 g/mol. The topological polar surface area (TPSA) is 143 Å². The zero-order chi connectivity index (χ0) is 21.0. The van der Waals surface area contributed by atoms with Crippen LogP contribution in [0.1, 0.15) is 15.9 Å². The van der Waals surface area contributed by atoms with Crippen LogP contribution in [0.3, 0.4) is 0 Å². The molecule has 1 aliphatic heterocycles. The van der Waals surface area contributed by atoms with Gasteiger partial charge in [0.15, 0.2) is 11.9 Å². The number of phenols is 1. The Bertz CT molecular complexity index is 868. The summed E-state index contributed by atoms with van der Waals surface area (Å²) in [4.78, 5) is 24.2. The van der Waals surface area contributed by atoms with Crippen LogP contribution >= 0.6 is 0 Å². The minimum absolute atomic E-state index is 0.0796. The number of aliphatic hydroxyl groups excluding tert-OH is 3. The Kier molecular flexibility index (Phi) is 6.45. The van der Waals surface area contributed by atoms with Crippen LogP contribution in [0.15, 0.2) is 48.5 Å². The molecule has 2 aromatic rings. The number of aromatic hydroxyl groups is 1. The van der Waals surface area contributed by atoms with Crippen LogP contribution in [-0.4, -0.2) is 63.4 Å². The Morgan fingerprint density at radius 2 is 1.83 bits per heavy atom. The van der Waals surface area contributed by atoms with Crippen molar-refractivity contribution >= 4 is 11.8 Å². The first-order valence-corrected chi connectivity index (χ1v) is 8.77. The van der Waals surface area contributed by atoms with E-state index in [9.17, 15) is 30.0 Å².